The summed E-state index contributed by atoms with van der Waals surface area (Å²) >= 11 is 1.70. The first-order valence-electron chi connectivity index (χ1n) is 8.60. The molecule has 0 saturated carbocycles. The van der Waals surface area contributed by atoms with Gasteiger partial charge in [-0.15, -0.1) is 11.3 Å². The highest BCUT2D eigenvalue weighted by Crippen LogP contribution is 2.32. The van der Waals surface area contributed by atoms with Crippen molar-refractivity contribution < 1.29 is 4.79 Å². The number of benzene rings is 1. The molecule has 1 fully saturated rings. The van der Waals surface area contributed by atoms with Crippen molar-refractivity contribution in [1.29, 1.82) is 5.41 Å². The van der Waals surface area contributed by atoms with Crippen LogP contribution in [0.4, 0.5) is 0 Å². The highest BCUT2D eigenvalue weighted by Gasteiger charge is 2.39. The maximum absolute atomic E-state index is 12.8. The molecule has 1 atom stereocenters. The number of pyridine rings is 1. The van der Waals surface area contributed by atoms with Crippen LogP contribution in [0, 0.1) is 5.41 Å². The summed E-state index contributed by atoms with van der Waals surface area (Å²) in [7, 11) is 0. The molecule has 132 valence electrons. The summed E-state index contributed by atoms with van der Waals surface area (Å²) in [5, 5.41) is 14.9. The van der Waals surface area contributed by atoms with Crippen molar-refractivity contribution in [1.82, 2.24) is 15.2 Å². The molecule has 3 aromatic rings. The van der Waals surface area contributed by atoms with Crippen LogP contribution in [0.2, 0.25) is 0 Å². The van der Waals surface area contributed by atoms with E-state index in [0.29, 0.717) is 19.4 Å². The predicted molar refractivity (Wildman–Crippen MR) is 104 cm³/mol. The molecular weight excluding hydrogens is 344 g/mol. The van der Waals surface area contributed by atoms with E-state index >= 15 is 0 Å². The third kappa shape index (κ3) is 3.08. The molecule has 1 aliphatic rings. The Morgan fingerprint density at radius 3 is 2.96 bits per heavy atom. The van der Waals surface area contributed by atoms with E-state index in [9.17, 15) is 4.79 Å². The fourth-order valence-electron chi connectivity index (χ4n) is 3.39. The second-order valence-corrected chi connectivity index (χ2v) is 7.72. The number of rotatable bonds is 4. The van der Waals surface area contributed by atoms with Crippen LogP contribution in [0.3, 0.4) is 0 Å². The molecule has 0 aliphatic carbocycles. The van der Waals surface area contributed by atoms with Crippen LogP contribution in [-0.4, -0.2) is 28.3 Å². The molecule has 1 aliphatic heterocycles. The predicted octanol–water partition coefficient (Wildman–Crippen LogP) is 3.51. The summed E-state index contributed by atoms with van der Waals surface area (Å²) in [4.78, 5) is 18.6. The van der Waals surface area contributed by atoms with Crippen LogP contribution in [0.25, 0.3) is 10.1 Å². The molecule has 6 heteroatoms. The first kappa shape index (κ1) is 16.7. The van der Waals surface area contributed by atoms with Gasteiger partial charge >= 0.3 is 0 Å². The Balaban J connectivity index is 1.51. The van der Waals surface area contributed by atoms with Crippen molar-refractivity contribution in [3.8, 4) is 0 Å². The number of guanidine groups is 1. The number of nitrogens with zero attached hydrogens (tertiary/aromatic N) is 2. The Bertz CT molecular complexity index is 948. The molecular formula is C20H20N4OS. The van der Waals surface area contributed by atoms with Gasteiger partial charge in [0.15, 0.2) is 5.96 Å². The van der Waals surface area contributed by atoms with Crippen LogP contribution in [0.5, 0.6) is 0 Å². The van der Waals surface area contributed by atoms with Crippen molar-refractivity contribution >= 4 is 33.3 Å². The first-order chi connectivity index (χ1) is 12.5. The van der Waals surface area contributed by atoms with Crippen molar-refractivity contribution in [2.45, 2.75) is 25.3 Å². The number of fused-ring (bicyclic) bond motifs is 1. The van der Waals surface area contributed by atoms with Gasteiger partial charge in [0, 0.05) is 29.6 Å². The van der Waals surface area contributed by atoms with E-state index in [1.54, 1.807) is 17.5 Å². The zero-order valence-electron chi connectivity index (χ0n) is 14.5. The standard InChI is InChI=1S/C20H20N4OS/c1-20(15-5-6-17-14(12-15)8-11-26-17)13-18(25)24(19(21)23-20)10-7-16-4-2-3-9-22-16/h2-6,8-9,11-12H,7,10,13H2,1H3,(H2,21,23)/t20-/m0/s1. The average Bonchev–Trinajstić information content (AvgIpc) is 3.09. The Morgan fingerprint density at radius 2 is 2.19 bits per heavy atom. The second-order valence-electron chi connectivity index (χ2n) is 6.77. The summed E-state index contributed by atoms with van der Waals surface area (Å²) in [5.74, 6) is 0.127. The van der Waals surface area contributed by atoms with Crippen LogP contribution in [0.1, 0.15) is 24.6 Å². The zero-order chi connectivity index (χ0) is 18.1. The van der Waals surface area contributed by atoms with Crippen LogP contribution >= 0.6 is 11.3 Å². The van der Waals surface area contributed by atoms with Gasteiger partial charge in [0.05, 0.1) is 12.0 Å². The van der Waals surface area contributed by atoms with Gasteiger partial charge < -0.3 is 5.32 Å². The fraction of sp³-hybridized carbons (Fsp3) is 0.250. The topological polar surface area (TPSA) is 69.1 Å². The quantitative estimate of drug-likeness (QED) is 0.744. The van der Waals surface area contributed by atoms with Gasteiger partial charge in [-0.2, -0.15) is 0 Å². The van der Waals surface area contributed by atoms with Crippen molar-refractivity contribution in [3.63, 3.8) is 0 Å². The van der Waals surface area contributed by atoms with E-state index in [1.807, 2.05) is 25.1 Å². The molecule has 1 saturated heterocycles. The molecule has 26 heavy (non-hydrogen) atoms. The Hall–Kier alpha value is -2.73. The molecule has 1 aromatic carbocycles. The van der Waals surface area contributed by atoms with Gasteiger partial charge in [0.2, 0.25) is 5.91 Å². The summed E-state index contributed by atoms with van der Waals surface area (Å²) in [6, 6.07) is 14.1. The van der Waals surface area contributed by atoms with Crippen molar-refractivity contribution in [3.05, 3.63) is 65.3 Å². The minimum Gasteiger partial charge on any atom is -0.346 e. The smallest absolute Gasteiger partial charge is 0.231 e. The highest BCUT2D eigenvalue weighted by molar-refractivity contribution is 7.17. The summed E-state index contributed by atoms with van der Waals surface area (Å²) < 4.78 is 1.23. The van der Waals surface area contributed by atoms with Gasteiger partial charge in [-0.25, -0.2) is 0 Å². The Kier molecular flexibility index (Phi) is 4.20. The van der Waals surface area contributed by atoms with E-state index in [4.69, 9.17) is 5.41 Å². The highest BCUT2D eigenvalue weighted by atomic mass is 32.1. The number of carbonyl (C=O) groups excluding carboxylic acids is 1. The summed E-state index contributed by atoms with van der Waals surface area (Å²) in [6.45, 7) is 2.45. The molecule has 0 spiro atoms. The third-order valence-corrected chi connectivity index (χ3v) is 5.78. The van der Waals surface area contributed by atoms with Gasteiger partial charge in [-0.05, 0) is 53.6 Å². The molecule has 5 nitrogen and oxygen atoms in total. The lowest BCUT2D eigenvalue weighted by molar-refractivity contribution is -0.130. The number of amides is 1. The third-order valence-electron chi connectivity index (χ3n) is 4.88. The number of thiophene rings is 1. The Labute approximate surface area is 156 Å². The van der Waals surface area contributed by atoms with E-state index in [0.717, 1.165) is 11.3 Å². The van der Waals surface area contributed by atoms with E-state index < -0.39 is 5.54 Å². The van der Waals surface area contributed by atoms with Gasteiger partial charge in [0.1, 0.15) is 0 Å². The molecule has 0 radical (unpaired) electrons. The number of nitrogens with one attached hydrogen (secondary N) is 2. The maximum Gasteiger partial charge on any atom is 0.231 e. The molecule has 2 aromatic heterocycles. The molecule has 2 N–H and O–H groups in total. The van der Waals surface area contributed by atoms with E-state index in [-0.39, 0.29) is 11.9 Å². The lowest BCUT2D eigenvalue weighted by atomic mass is 9.86. The zero-order valence-corrected chi connectivity index (χ0v) is 15.3. The molecule has 0 bridgehead atoms. The number of aromatic nitrogens is 1. The monoisotopic (exact) mass is 364 g/mol. The number of hydrogen-bond acceptors (Lipinski definition) is 4. The average molecular weight is 364 g/mol. The first-order valence-corrected chi connectivity index (χ1v) is 9.48. The lowest BCUT2D eigenvalue weighted by Crippen LogP contribution is -2.59. The van der Waals surface area contributed by atoms with Gasteiger partial charge in [-0.3, -0.25) is 20.1 Å². The Morgan fingerprint density at radius 1 is 1.31 bits per heavy atom. The lowest BCUT2D eigenvalue weighted by Gasteiger charge is -2.41. The minimum absolute atomic E-state index is 0.0300. The van der Waals surface area contributed by atoms with Crippen molar-refractivity contribution in [2.75, 3.05) is 6.54 Å². The largest absolute Gasteiger partial charge is 0.346 e. The number of hydrogen-bond donors (Lipinski definition) is 2. The SMILES string of the molecule is C[C@@]1(c2ccc3sccc3c2)CC(=O)N(CCc2ccccn2)C(=N)N1. The molecule has 1 amide bonds. The van der Waals surface area contributed by atoms with E-state index in [1.165, 1.54) is 15.0 Å². The van der Waals surface area contributed by atoms with Crippen LogP contribution in [-0.2, 0) is 16.8 Å². The number of carbonyl (C=O) groups is 1. The van der Waals surface area contributed by atoms with E-state index in [2.05, 4.69) is 39.9 Å². The minimum atomic E-state index is -0.564. The van der Waals surface area contributed by atoms with Crippen molar-refractivity contribution in [2.24, 2.45) is 0 Å². The second kappa shape index (κ2) is 6.53. The van der Waals surface area contributed by atoms with Crippen LogP contribution in [0.15, 0.2) is 54.0 Å². The maximum atomic E-state index is 12.8. The normalized spacial score (nSPS) is 20.4. The molecule has 4 rings (SSSR count). The van der Waals surface area contributed by atoms with Gasteiger partial charge in [-0.1, -0.05) is 12.1 Å². The van der Waals surface area contributed by atoms with Gasteiger partial charge in [0.25, 0.3) is 0 Å². The molecule has 3 heterocycles. The van der Waals surface area contributed by atoms with Crippen LogP contribution < -0.4 is 5.32 Å². The molecule has 0 unspecified atom stereocenters. The summed E-state index contributed by atoms with van der Waals surface area (Å²) in [6.07, 6.45) is 2.70. The summed E-state index contributed by atoms with van der Waals surface area (Å²) in [5.41, 5.74) is 1.39. The fourth-order valence-corrected chi connectivity index (χ4v) is 4.16.